The van der Waals surface area contributed by atoms with E-state index in [2.05, 4.69) is 5.32 Å². The number of fused-ring (bicyclic) bond motifs is 1. The zero-order valence-corrected chi connectivity index (χ0v) is 18.5. The number of phenolic OH excluding ortho intramolecular Hbond substituents is 1. The summed E-state index contributed by atoms with van der Waals surface area (Å²) >= 11 is 0. The molecule has 4 rings (SSSR count). The number of benzene rings is 2. The van der Waals surface area contributed by atoms with Gasteiger partial charge in [-0.15, -0.1) is 0 Å². The van der Waals surface area contributed by atoms with Crippen LogP contribution in [0.25, 0.3) is 0 Å². The summed E-state index contributed by atoms with van der Waals surface area (Å²) < 4.78 is 32.5. The third-order valence-corrected chi connectivity index (χ3v) is 7.48. The maximum absolute atomic E-state index is 12.8. The molecule has 2 aliphatic rings. The molecule has 0 aliphatic carbocycles. The van der Waals surface area contributed by atoms with Crippen LogP contribution < -0.4 is 15.0 Å². The number of hydrogen-bond donors (Lipinski definition) is 2. The Morgan fingerprint density at radius 2 is 1.91 bits per heavy atom. The third-order valence-electron chi connectivity index (χ3n) is 5.58. The Morgan fingerprint density at radius 3 is 2.66 bits per heavy atom. The number of carbonyl (C=O) groups is 2. The zero-order chi connectivity index (χ0) is 22.9. The number of nitrogens with zero attached hydrogens (tertiary/aromatic N) is 2. The minimum absolute atomic E-state index is 0.0114. The van der Waals surface area contributed by atoms with Crippen LogP contribution in [0.5, 0.6) is 11.5 Å². The molecule has 2 N–H and O–H groups in total. The summed E-state index contributed by atoms with van der Waals surface area (Å²) in [6.45, 7) is 2.67. The zero-order valence-electron chi connectivity index (χ0n) is 17.7. The fourth-order valence-corrected chi connectivity index (χ4v) is 5.41. The van der Waals surface area contributed by atoms with Gasteiger partial charge in [0.25, 0.3) is 5.91 Å². The third kappa shape index (κ3) is 4.28. The van der Waals surface area contributed by atoms with Gasteiger partial charge in [0.1, 0.15) is 11.5 Å². The van der Waals surface area contributed by atoms with Crippen molar-refractivity contribution < 1.29 is 27.9 Å². The molecular formula is C22H25N3O6S. The smallest absolute Gasteiger partial charge is 0.267 e. The molecule has 170 valence electrons. The van der Waals surface area contributed by atoms with Crippen LogP contribution in [-0.4, -0.2) is 55.4 Å². The summed E-state index contributed by atoms with van der Waals surface area (Å²) in [5, 5.41) is 12.7. The molecule has 2 heterocycles. The lowest BCUT2D eigenvalue weighted by molar-refractivity contribution is -0.125. The number of sulfonamides is 1. The highest BCUT2D eigenvalue weighted by Gasteiger charge is 2.31. The number of nitrogens with one attached hydrogen (secondary N) is 1. The Hall–Kier alpha value is -3.11. The summed E-state index contributed by atoms with van der Waals surface area (Å²) in [6.07, 6.45) is 0.908. The molecule has 1 atom stereocenters. The molecule has 0 unspecified atom stereocenters. The largest absolute Gasteiger partial charge is 0.506 e. The Kier molecular flexibility index (Phi) is 6.07. The van der Waals surface area contributed by atoms with E-state index in [9.17, 15) is 23.1 Å². The first kappa shape index (κ1) is 22.1. The van der Waals surface area contributed by atoms with Crippen molar-refractivity contribution in [2.45, 2.75) is 37.2 Å². The number of rotatable bonds is 6. The van der Waals surface area contributed by atoms with Gasteiger partial charge in [0.15, 0.2) is 6.10 Å². The van der Waals surface area contributed by atoms with Gasteiger partial charge in [0.05, 0.1) is 16.3 Å². The maximum Gasteiger partial charge on any atom is 0.267 e. The molecule has 1 saturated heterocycles. The van der Waals surface area contributed by atoms with Crippen molar-refractivity contribution in [3.8, 4) is 11.5 Å². The van der Waals surface area contributed by atoms with Crippen LogP contribution in [0.1, 0.15) is 26.2 Å². The van der Waals surface area contributed by atoms with Crippen molar-refractivity contribution in [2.75, 3.05) is 29.9 Å². The quantitative estimate of drug-likeness (QED) is 0.641. The summed E-state index contributed by atoms with van der Waals surface area (Å²) in [5.41, 5.74) is 0.599. The van der Waals surface area contributed by atoms with Gasteiger partial charge in [-0.2, -0.15) is 4.31 Å². The predicted molar refractivity (Wildman–Crippen MR) is 118 cm³/mol. The number of ether oxygens (including phenoxy) is 1. The first-order valence-corrected chi connectivity index (χ1v) is 11.9. The van der Waals surface area contributed by atoms with Gasteiger partial charge in [0.2, 0.25) is 15.9 Å². The molecule has 10 heteroatoms. The Morgan fingerprint density at radius 1 is 1.19 bits per heavy atom. The Balaban J connectivity index is 1.46. The molecule has 32 heavy (non-hydrogen) atoms. The minimum atomic E-state index is -3.69. The lowest BCUT2D eigenvalue weighted by Crippen LogP contribution is -2.45. The van der Waals surface area contributed by atoms with E-state index in [4.69, 9.17) is 4.74 Å². The van der Waals surface area contributed by atoms with Crippen molar-refractivity contribution in [1.82, 2.24) is 4.31 Å². The predicted octanol–water partition coefficient (Wildman–Crippen LogP) is 2.32. The highest BCUT2D eigenvalue weighted by molar-refractivity contribution is 7.89. The maximum atomic E-state index is 12.8. The van der Waals surface area contributed by atoms with Crippen LogP contribution in [0.15, 0.2) is 47.4 Å². The molecule has 0 spiro atoms. The number of hydrogen-bond acceptors (Lipinski definition) is 6. The summed E-state index contributed by atoms with van der Waals surface area (Å²) in [5.74, 6) is -0.379. The van der Waals surface area contributed by atoms with E-state index in [0.717, 1.165) is 12.8 Å². The second-order valence-corrected chi connectivity index (χ2v) is 9.74. The highest BCUT2D eigenvalue weighted by atomic mass is 32.2. The van der Waals surface area contributed by atoms with Crippen molar-refractivity contribution in [3.05, 3.63) is 42.5 Å². The van der Waals surface area contributed by atoms with Gasteiger partial charge >= 0.3 is 0 Å². The first-order valence-electron chi connectivity index (χ1n) is 10.5. The molecule has 2 amide bonds. The standard InChI is InChI=1S/C22H25N3O6S/c1-15-22(28)25(18-6-2-3-7-20(18)31-15)13-10-21(27)23-17-14-16(8-9-19(17)26)32(29,30)24-11-4-5-12-24/h2-3,6-9,14-15,26H,4-5,10-13H2,1H3,(H,23,27)/t15-/m1/s1. The minimum Gasteiger partial charge on any atom is -0.506 e. The Bertz CT molecular complexity index is 1140. The second kappa shape index (κ2) is 8.79. The fourth-order valence-electron chi connectivity index (χ4n) is 3.87. The van der Waals surface area contributed by atoms with Crippen molar-refractivity contribution in [2.24, 2.45) is 0 Å². The number of amides is 2. The van der Waals surface area contributed by atoms with Crippen LogP contribution in [0.2, 0.25) is 0 Å². The molecule has 2 aromatic rings. The van der Waals surface area contributed by atoms with Crippen LogP contribution in [0.4, 0.5) is 11.4 Å². The molecule has 1 fully saturated rings. The number of para-hydroxylation sites is 2. The summed E-state index contributed by atoms with van der Waals surface area (Å²) in [7, 11) is -3.69. The fraction of sp³-hybridized carbons (Fsp3) is 0.364. The van der Waals surface area contributed by atoms with E-state index in [1.165, 1.54) is 27.4 Å². The van der Waals surface area contributed by atoms with Crippen molar-refractivity contribution >= 4 is 33.2 Å². The lowest BCUT2D eigenvalue weighted by atomic mass is 10.1. The van der Waals surface area contributed by atoms with Gasteiger partial charge in [-0.25, -0.2) is 8.42 Å². The first-order chi connectivity index (χ1) is 15.3. The molecule has 2 aromatic carbocycles. The molecular weight excluding hydrogens is 434 g/mol. The van der Waals surface area contributed by atoms with Gasteiger partial charge in [-0.1, -0.05) is 12.1 Å². The van der Waals surface area contributed by atoms with E-state index in [1.807, 2.05) is 0 Å². The summed E-state index contributed by atoms with van der Waals surface area (Å²) in [4.78, 5) is 26.6. The van der Waals surface area contributed by atoms with E-state index in [1.54, 1.807) is 31.2 Å². The SMILES string of the molecule is C[C@H]1Oc2ccccc2N(CCC(=O)Nc2cc(S(=O)(=O)N3CCCC3)ccc2O)C1=O. The van der Waals surface area contributed by atoms with Crippen LogP contribution >= 0.6 is 0 Å². The van der Waals surface area contributed by atoms with E-state index in [0.29, 0.717) is 24.5 Å². The monoisotopic (exact) mass is 459 g/mol. The van der Waals surface area contributed by atoms with Gasteiger partial charge in [-0.05, 0) is 50.1 Å². The van der Waals surface area contributed by atoms with Crippen LogP contribution in [-0.2, 0) is 19.6 Å². The van der Waals surface area contributed by atoms with Crippen molar-refractivity contribution in [1.29, 1.82) is 0 Å². The Labute approximate surface area is 186 Å². The molecule has 0 bridgehead atoms. The summed E-state index contributed by atoms with van der Waals surface area (Å²) in [6, 6.07) is 10.9. The average molecular weight is 460 g/mol. The second-order valence-electron chi connectivity index (χ2n) is 7.81. The van der Waals surface area contributed by atoms with Crippen LogP contribution in [0, 0.1) is 0 Å². The molecule has 0 saturated carbocycles. The lowest BCUT2D eigenvalue weighted by Gasteiger charge is -2.32. The van der Waals surface area contributed by atoms with Crippen LogP contribution in [0.3, 0.4) is 0 Å². The number of phenols is 1. The molecule has 0 radical (unpaired) electrons. The van der Waals surface area contributed by atoms with E-state index < -0.39 is 22.0 Å². The molecule has 9 nitrogen and oxygen atoms in total. The van der Waals surface area contributed by atoms with E-state index in [-0.39, 0.29) is 35.2 Å². The highest BCUT2D eigenvalue weighted by Crippen LogP contribution is 2.34. The number of anilines is 2. The van der Waals surface area contributed by atoms with Crippen molar-refractivity contribution in [3.63, 3.8) is 0 Å². The normalized spacial score (nSPS) is 18.8. The van der Waals surface area contributed by atoms with E-state index >= 15 is 0 Å². The average Bonchev–Trinajstić information content (AvgIpc) is 3.31. The number of carbonyl (C=O) groups excluding carboxylic acids is 2. The number of aromatic hydroxyl groups is 1. The topological polar surface area (TPSA) is 116 Å². The molecule has 2 aliphatic heterocycles. The molecule has 0 aromatic heterocycles. The van der Waals surface area contributed by atoms with Gasteiger partial charge in [-0.3, -0.25) is 9.59 Å². The van der Waals surface area contributed by atoms with Gasteiger partial charge in [0, 0.05) is 26.1 Å². The van der Waals surface area contributed by atoms with Gasteiger partial charge < -0.3 is 20.1 Å².